The molecule has 0 saturated heterocycles. The highest BCUT2D eigenvalue weighted by molar-refractivity contribution is 6.13. The number of rotatable bonds is 4. The van der Waals surface area contributed by atoms with E-state index in [9.17, 15) is 0 Å². The van der Waals surface area contributed by atoms with E-state index in [1.807, 2.05) is 0 Å². The Kier molecular flexibility index (Phi) is 6.41. The molecule has 4 nitrogen and oxygen atoms in total. The van der Waals surface area contributed by atoms with E-state index >= 15 is 0 Å². The fraction of sp³-hybridized carbons (Fsp3) is 0. The summed E-state index contributed by atoms with van der Waals surface area (Å²) in [6.45, 7) is 0. The van der Waals surface area contributed by atoms with Crippen LogP contribution in [0, 0.1) is 0 Å². The van der Waals surface area contributed by atoms with Crippen molar-refractivity contribution in [2.45, 2.75) is 0 Å². The molecular formula is C54H33N3O. The van der Waals surface area contributed by atoms with Crippen LogP contribution in [0.2, 0.25) is 0 Å². The summed E-state index contributed by atoms with van der Waals surface area (Å²) in [5.41, 5.74) is 15.1. The predicted octanol–water partition coefficient (Wildman–Crippen LogP) is 14.4. The van der Waals surface area contributed by atoms with Crippen LogP contribution >= 0.6 is 0 Å². The van der Waals surface area contributed by atoms with Crippen LogP contribution < -0.4 is 4.74 Å². The first kappa shape index (κ1) is 31.4. The number of aromatic nitrogens is 3. The van der Waals surface area contributed by atoms with Crippen LogP contribution in [0.5, 0.6) is 11.5 Å². The molecule has 0 bridgehead atoms. The fourth-order valence-electron chi connectivity index (χ4n) is 9.65. The summed E-state index contributed by atoms with van der Waals surface area (Å²) >= 11 is 0. The summed E-state index contributed by atoms with van der Waals surface area (Å²) in [6.07, 6.45) is 0. The molecule has 0 N–H and O–H groups in total. The smallest absolute Gasteiger partial charge is 0.152 e. The van der Waals surface area contributed by atoms with Gasteiger partial charge < -0.3 is 18.4 Å². The molecule has 0 unspecified atom stereocenters. The van der Waals surface area contributed by atoms with E-state index in [1.165, 1.54) is 71.0 Å². The average Bonchev–Trinajstić information content (AvgIpc) is 3.93. The highest BCUT2D eigenvalue weighted by atomic mass is 16.5. The van der Waals surface area contributed by atoms with Crippen LogP contribution in [-0.2, 0) is 0 Å². The van der Waals surface area contributed by atoms with Crippen molar-refractivity contribution in [2.24, 2.45) is 0 Å². The largest absolute Gasteiger partial charge is 0.453 e. The van der Waals surface area contributed by atoms with Crippen molar-refractivity contribution in [3.05, 3.63) is 200 Å². The molecule has 0 spiro atoms. The SMILES string of the molecule is c1cc(-c2ccc(-c3ccc4c(c3)-n3c5ccccc5c5cccc(c53)O4)cc2)cc(-n2c3ccccc3c3cc(-n4c5ccccc5c5ccccc54)ccc32)c1. The quantitative estimate of drug-likeness (QED) is 0.176. The van der Waals surface area contributed by atoms with Crippen LogP contribution in [0.1, 0.15) is 0 Å². The first-order chi connectivity index (χ1) is 28.8. The summed E-state index contributed by atoms with van der Waals surface area (Å²) in [5, 5.41) is 7.45. The zero-order valence-corrected chi connectivity index (χ0v) is 31.3. The van der Waals surface area contributed by atoms with E-state index in [2.05, 4.69) is 214 Å². The molecule has 1 aliphatic heterocycles. The Labute approximate surface area is 333 Å². The van der Waals surface area contributed by atoms with Crippen molar-refractivity contribution < 1.29 is 4.74 Å². The zero-order valence-electron chi connectivity index (χ0n) is 31.3. The predicted molar refractivity (Wildman–Crippen MR) is 240 cm³/mol. The lowest BCUT2D eigenvalue weighted by molar-refractivity contribution is 0.476. The Hall–Kier alpha value is -7.82. The summed E-state index contributed by atoms with van der Waals surface area (Å²) in [6, 6.07) is 72.5. The van der Waals surface area contributed by atoms with Gasteiger partial charge in [-0.2, -0.15) is 0 Å². The van der Waals surface area contributed by atoms with E-state index in [4.69, 9.17) is 4.74 Å². The Morgan fingerprint density at radius 3 is 1.41 bits per heavy atom. The minimum absolute atomic E-state index is 0.867. The normalized spacial score (nSPS) is 12.3. The van der Waals surface area contributed by atoms with Gasteiger partial charge in [0.05, 0.1) is 38.8 Å². The van der Waals surface area contributed by atoms with E-state index < -0.39 is 0 Å². The number of hydrogen-bond acceptors (Lipinski definition) is 1. The number of benzene rings is 9. The molecule has 270 valence electrons. The Morgan fingerprint density at radius 1 is 0.276 bits per heavy atom. The van der Waals surface area contributed by atoms with Gasteiger partial charge >= 0.3 is 0 Å². The summed E-state index contributed by atoms with van der Waals surface area (Å²) < 4.78 is 13.6. The van der Waals surface area contributed by atoms with Gasteiger partial charge in [0.2, 0.25) is 0 Å². The van der Waals surface area contributed by atoms with Crippen LogP contribution in [-0.4, -0.2) is 13.7 Å². The standard InChI is InChI=1S/C54H33N3O/c1-5-18-46-40(13-1)41-14-2-6-19-47(41)56(46)39-28-29-50-45(33-39)43-16-4-7-20-48(43)55(50)38-12-9-11-36(31-38)34-23-25-35(26-24-34)37-27-30-52-51(32-37)57-49-21-8-3-15-42(49)44-17-10-22-53(58-52)54(44)57/h1-33H. The van der Waals surface area contributed by atoms with E-state index in [0.29, 0.717) is 0 Å². The van der Waals surface area contributed by atoms with E-state index in [1.54, 1.807) is 0 Å². The molecule has 13 rings (SSSR count). The van der Waals surface area contributed by atoms with Crippen molar-refractivity contribution >= 4 is 65.4 Å². The molecule has 0 radical (unpaired) electrons. The van der Waals surface area contributed by atoms with E-state index in [-0.39, 0.29) is 0 Å². The molecular weight excluding hydrogens is 707 g/mol. The Morgan fingerprint density at radius 2 is 0.759 bits per heavy atom. The number of ether oxygens (including phenoxy) is 1. The van der Waals surface area contributed by atoms with Crippen molar-refractivity contribution in [1.82, 2.24) is 13.7 Å². The molecule has 0 fully saturated rings. The topological polar surface area (TPSA) is 24.0 Å². The van der Waals surface area contributed by atoms with Gasteiger partial charge in [-0.25, -0.2) is 0 Å². The van der Waals surface area contributed by atoms with Crippen molar-refractivity contribution in [3.63, 3.8) is 0 Å². The third-order valence-electron chi connectivity index (χ3n) is 12.2. The second-order valence-corrected chi connectivity index (χ2v) is 15.3. The number of nitrogens with zero attached hydrogens (tertiary/aromatic N) is 3. The molecule has 1 aliphatic rings. The lowest BCUT2D eigenvalue weighted by Gasteiger charge is -2.21. The second kappa shape index (κ2) is 11.8. The third kappa shape index (κ3) is 4.40. The molecule has 0 amide bonds. The van der Waals surface area contributed by atoms with Gasteiger partial charge in [-0.05, 0) is 95.1 Å². The molecule has 3 aromatic heterocycles. The van der Waals surface area contributed by atoms with Gasteiger partial charge in [0.25, 0.3) is 0 Å². The third-order valence-corrected chi connectivity index (χ3v) is 12.2. The molecule has 9 aromatic carbocycles. The molecule has 4 heterocycles. The molecule has 58 heavy (non-hydrogen) atoms. The first-order valence-corrected chi connectivity index (χ1v) is 19.8. The Bertz CT molecular complexity index is 3600. The van der Waals surface area contributed by atoms with Gasteiger partial charge in [-0.15, -0.1) is 0 Å². The van der Waals surface area contributed by atoms with Crippen LogP contribution in [0.4, 0.5) is 0 Å². The summed E-state index contributed by atoms with van der Waals surface area (Å²) in [4.78, 5) is 0. The van der Waals surface area contributed by atoms with Crippen LogP contribution in [0.3, 0.4) is 0 Å². The van der Waals surface area contributed by atoms with Gasteiger partial charge in [-0.3, -0.25) is 0 Å². The number of hydrogen-bond donors (Lipinski definition) is 0. The van der Waals surface area contributed by atoms with E-state index in [0.717, 1.165) is 45.2 Å². The summed E-state index contributed by atoms with van der Waals surface area (Å²) in [7, 11) is 0. The second-order valence-electron chi connectivity index (χ2n) is 15.3. The van der Waals surface area contributed by atoms with Crippen molar-refractivity contribution in [2.75, 3.05) is 0 Å². The van der Waals surface area contributed by atoms with Gasteiger partial charge in [0.1, 0.15) is 0 Å². The molecule has 4 heteroatoms. The zero-order chi connectivity index (χ0) is 37.9. The molecule has 0 aliphatic carbocycles. The first-order valence-electron chi connectivity index (χ1n) is 19.8. The minimum Gasteiger partial charge on any atom is -0.453 e. The van der Waals surface area contributed by atoms with Crippen molar-refractivity contribution in [3.8, 4) is 50.8 Å². The lowest BCUT2D eigenvalue weighted by Crippen LogP contribution is -2.04. The molecule has 0 atom stereocenters. The minimum atomic E-state index is 0.867. The number of para-hydroxylation sites is 5. The maximum Gasteiger partial charge on any atom is 0.152 e. The maximum atomic E-state index is 6.47. The maximum absolute atomic E-state index is 6.47. The molecule has 0 saturated carbocycles. The van der Waals surface area contributed by atoms with Crippen LogP contribution in [0.25, 0.3) is 105 Å². The number of fused-ring (bicyclic) bond motifs is 11. The van der Waals surface area contributed by atoms with Gasteiger partial charge in [0, 0.05) is 43.7 Å². The summed E-state index contributed by atoms with van der Waals surface area (Å²) in [5.74, 6) is 1.76. The average molecular weight is 740 g/mol. The van der Waals surface area contributed by atoms with Crippen molar-refractivity contribution in [1.29, 1.82) is 0 Å². The fourth-order valence-corrected chi connectivity index (χ4v) is 9.65. The highest BCUT2D eigenvalue weighted by Crippen LogP contribution is 2.46. The Balaban J connectivity index is 0.889. The van der Waals surface area contributed by atoms with Gasteiger partial charge in [0.15, 0.2) is 11.5 Å². The lowest BCUT2D eigenvalue weighted by atomic mass is 9.99. The monoisotopic (exact) mass is 739 g/mol. The molecule has 12 aromatic rings. The highest BCUT2D eigenvalue weighted by Gasteiger charge is 2.24. The van der Waals surface area contributed by atoms with Crippen LogP contribution in [0.15, 0.2) is 200 Å². The van der Waals surface area contributed by atoms with Gasteiger partial charge in [-0.1, -0.05) is 127 Å².